The van der Waals surface area contributed by atoms with Crippen molar-refractivity contribution in [3.63, 3.8) is 0 Å². The van der Waals surface area contributed by atoms with Gasteiger partial charge in [-0.15, -0.1) is 13.2 Å². The highest BCUT2D eigenvalue weighted by Crippen LogP contribution is 2.24. The van der Waals surface area contributed by atoms with Gasteiger partial charge in [-0.3, -0.25) is 9.41 Å². The molecule has 1 unspecified atom stereocenters. The molecule has 0 aromatic carbocycles. The van der Waals surface area contributed by atoms with Crippen molar-refractivity contribution in [2.24, 2.45) is 0 Å². The normalized spacial score (nSPS) is 23.0. The predicted octanol–water partition coefficient (Wildman–Crippen LogP) is 1.78. The SMILES string of the molecule is FC(F)(F)OC1CCN(P)CC1. The lowest BCUT2D eigenvalue weighted by Gasteiger charge is -2.28. The van der Waals surface area contributed by atoms with Crippen LogP contribution < -0.4 is 0 Å². The van der Waals surface area contributed by atoms with Gasteiger partial charge in [0.2, 0.25) is 0 Å². The van der Waals surface area contributed by atoms with Crippen LogP contribution in [0.1, 0.15) is 12.8 Å². The molecule has 1 aliphatic rings. The standard InChI is InChI=1S/C6H11F3NOP/c7-6(8,9)11-5-1-3-10(12)4-2-5/h5H,1-4,12H2. The summed E-state index contributed by atoms with van der Waals surface area (Å²) in [7, 11) is 2.47. The molecule has 0 aromatic rings. The predicted molar refractivity (Wildman–Crippen MR) is 41.4 cm³/mol. The fraction of sp³-hybridized carbons (Fsp3) is 1.00. The lowest BCUT2D eigenvalue weighted by Crippen LogP contribution is -2.34. The molecule has 72 valence electrons. The van der Waals surface area contributed by atoms with E-state index in [1.54, 1.807) is 0 Å². The Morgan fingerprint density at radius 2 is 1.75 bits per heavy atom. The van der Waals surface area contributed by atoms with Gasteiger partial charge in [-0.05, 0) is 12.8 Å². The molecule has 1 aliphatic heterocycles. The van der Waals surface area contributed by atoms with Gasteiger partial charge >= 0.3 is 6.36 Å². The lowest BCUT2D eigenvalue weighted by atomic mass is 10.1. The molecule has 1 saturated heterocycles. The smallest absolute Gasteiger partial charge is 0.288 e. The first-order valence-electron chi connectivity index (χ1n) is 3.71. The highest BCUT2D eigenvalue weighted by atomic mass is 31.0. The molecule has 0 bridgehead atoms. The van der Waals surface area contributed by atoms with E-state index in [0.29, 0.717) is 25.9 Å². The molecule has 1 fully saturated rings. The lowest BCUT2D eigenvalue weighted by molar-refractivity contribution is -0.345. The summed E-state index contributed by atoms with van der Waals surface area (Å²) in [6.45, 7) is 1.29. The van der Waals surface area contributed by atoms with Gasteiger partial charge in [0.05, 0.1) is 6.10 Å². The molecule has 0 saturated carbocycles. The van der Waals surface area contributed by atoms with Gasteiger partial charge in [-0.25, -0.2) is 0 Å². The maximum Gasteiger partial charge on any atom is 0.522 e. The third kappa shape index (κ3) is 3.70. The zero-order valence-corrected chi connectivity index (χ0v) is 7.63. The van der Waals surface area contributed by atoms with Crippen molar-refractivity contribution in [3.8, 4) is 0 Å². The second-order valence-corrected chi connectivity index (χ2v) is 3.53. The highest BCUT2D eigenvalue weighted by molar-refractivity contribution is 7.13. The van der Waals surface area contributed by atoms with Crippen LogP contribution in [0.2, 0.25) is 0 Å². The number of halogens is 3. The molecule has 1 heterocycles. The van der Waals surface area contributed by atoms with E-state index in [1.807, 2.05) is 4.67 Å². The number of rotatable bonds is 1. The Kier molecular flexibility index (Phi) is 3.32. The Morgan fingerprint density at radius 3 is 2.17 bits per heavy atom. The van der Waals surface area contributed by atoms with Crippen molar-refractivity contribution in [1.29, 1.82) is 0 Å². The third-order valence-corrected chi connectivity index (χ3v) is 2.29. The van der Waals surface area contributed by atoms with Crippen molar-refractivity contribution in [2.45, 2.75) is 25.3 Å². The van der Waals surface area contributed by atoms with E-state index in [-0.39, 0.29) is 0 Å². The summed E-state index contributed by atoms with van der Waals surface area (Å²) >= 11 is 0. The Balaban J connectivity index is 2.26. The number of hydrogen-bond acceptors (Lipinski definition) is 2. The maximum absolute atomic E-state index is 11.7. The number of ether oxygens (including phenoxy) is 1. The zero-order chi connectivity index (χ0) is 9.19. The number of piperidine rings is 1. The number of nitrogens with zero attached hydrogens (tertiary/aromatic N) is 1. The molecule has 0 aliphatic carbocycles. The van der Waals surface area contributed by atoms with Crippen LogP contribution in [-0.4, -0.2) is 30.2 Å². The van der Waals surface area contributed by atoms with Crippen LogP contribution in [-0.2, 0) is 4.74 Å². The van der Waals surface area contributed by atoms with Crippen LogP contribution in [0.25, 0.3) is 0 Å². The molecule has 0 spiro atoms. The minimum atomic E-state index is -4.48. The maximum atomic E-state index is 11.7. The van der Waals surface area contributed by atoms with Crippen molar-refractivity contribution in [2.75, 3.05) is 13.1 Å². The summed E-state index contributed by atoms with van der Waals surface area (Å²) in [5.74, 6) is 0. The summed E-state index contributed by atoms with van der Waals surface area (Å²) in [5.41, 5.74) is 0. The molecule has 2 nitrogen and oxygen atoms in total. The topological polar surface area (TPSA) is 12.5 Å². The van der Waals surface area contributed by atoms with Gasteiger partial charge in [-0.2, -0.15) is 0 Å². The first kappa shape index (κ1) is 10.2. The molecule has 1 rings (SSSR count). The molecular formula is C6H11F3NOP. The average molecular weight is 201 g/mol. The van der Waals surface area contributed by atoms with Crippen LogP contribution in [0, 0.1) is 0 Å². The summed E-state index contributed by atoms with van der Waals surface area (Å²) in [4.78, 5) is 0. The van der Waals surface area contributed by atoms with Crippen molar-refractivity contribution in [1.82, 2.24) is 4.67 Å². The van der Waals surface area contributed by atoms with E-state index in [0.717, 1.165) is 0 Å². The molecular weight excluding hydrogens is 190 g/mol. The Morgan fingerprint density at radius 1 is 1.25 bits per heavy atom. The average Bonchev–Trinajstić information content (AvgIpc) is 1.91. The molecule has 0 N–H and O–H groups in total. The van der Waals surface area contributed by atoms with E-state index < -0.39 is 12.5 Å². The molecule has 0 radical (unpaired) electrons. The van der Waals surface area contributed by atoms with Crippen molar-refractivity contribution >= 4 is 9.39 Å². The van der Waals surface area contributed by atoms with E-state index in [4.69, 9.17) is 0 Å². The molecule has 0 aromatic heterocycles. The quantitative estimate of drug-likeness (QED) is 0.599. The van der Waals surface area contributed by atoms with Gasteiger partial charge in [0.1, 0.15) is 0 Å². The van der Waals surface area contributed by atoms with Crippen LogP contribution >= 0.6 is 9.39 Å². The minimum Gasteiger partial charge on any atom is -0.288 e. The Bertz CT molecular complexity index is 144. The monoisotopic (exact) mass is 201 g/mol. The van der Waals surface area contributed by atoms with E-state index >= 15 is 0 Å². The first-order valence-corrected chi connectivity index (χ1v) is 4.23. The first-order chi connectivity index (χ1) is 5.47. The molecule has 12 heavy (non-hydrogen) atoms. The van der Waals surface area contributed by atoms with Gasteiger partial charge in [0.15, 0.2) is 0 Å². The van der Waals surface area contributed by atoms with Crippen LogP contribution in [0.4, 0.5) is 13.2 Å². The van der Waals surface area contributed by atoms with Gasteiger partial charge in [-0.1, -0.05) is 9.39 Å². The largest absolute Gasteiger partial charge is 0.522 e. The van der Waals surface area contributed by atoms with E-state index in [2.05, 4.69) is 14.1 Å². The Hall–Kier alpha value is 0.140. The van der Waals surface area contributed by atoms with Gasteiger partial charge in [0, 0.05) is 13.1 Å². The summed E-state index contributed by atoms with van der Waals surface area (Å²) in [5, 5.41) is 0. The van der Waals surface area contributed by atoms with Crippen LogP contribution in [0.15, 0.2) is 0 Å². The summed E-state index contributed by atoms with van der Waals surface area (Å²) in [6, 6.07) is 0. The molecule has 1 atom stereocenters. The number of hydrogen-bond donors (Lipinski definition) is 0. The van der Waals surface area contributed by atoms with E-state index in [1.165, 1.54) is 0 Å². The fourth-order valence-corrected chi connectivity index (χ4v) is 1.48. The third-order valence-electron chi connectivity index (χ3n) is 1.78. The van der Waals surface area contributed by atoms with Crippen LogP contribution in [0.5, 0.6) is 0 Å². The van der Waals surface area contributed by atoms with Crippen LogP contribution in [0.3, 0.4) is 0 Å². The van der Waals surface area contributed by atoms with Crippen molar-refractivity contribution < 1.29 is 17.9 Å². The number of alkyl halides is 3. The van der Waals surface area contributed by atoms with Gasteiger partial charge < -0.3 is 0 Å². The molecule has 0 amide bonds. The fourth-order valence-electron chi connectivity index (χ4n) is 1.18. The Labute approximate surface area is 71.3 Å². The summed E-state index contributed by atoms with van der Waals surface area (Å²) < 4.78 is 40.9. The second-order valence-electron chi connectivity index (χ2n) is 2.80. The van der Waals surface area contributed by atoms with Crippen molar-refractivity contribution in [3.05, 3.63) is 0 Å². The van der Waals surface area contributed by atoms with Gasteiger partial charge in [0.25, 0.3) is 0 Å². The van der Waals surface area contributed by atoms with E-state index in [9.17, 15) is 13.2 Å². The minimum absolute atomic E-state index is 0.447. The summed E-state index contributed by atoms with van der Waals surface area (Å²) in [6.07, 6.45) is -4.23. The second kappa shape index (κ2) is 3.90. The molecule has 6 heteroatoms. The highest BCUT2D eigenvalue weighted by Gasteiger charge is 2.34. The zero-order valence-electron chi connectivity index (χ0n) is 6.47.